The Morgan fingerprint density at radius 1 is 0.800 bits per heavy atom. The summed E-state index contributed by atoms with van der Waals surface area (Å²) in [5.41, 5.74) is 0. The molecule has 0 aromatic rings. The second-order valence-electron chi connectivity index (χ2n) is 2.25. The monoisotopic (exact) mass is 337 g/mol. The second kappa shape index (κ2) is 4.19. The van der Waals surface area contributed by atoms with Crippen LogP contribution < -0.4 is 0 Å². The number of hydrogen-bond acceptors (Lipinski definition) is 6. The van der Waals surface area contributed by atoms with Crippen LogP contribution in [-0.4, -0.2) is 28.7 Å². The van der Waals surface area contributed by atoms with Gasteiger partial charge in [-0.1, -0.05) is 0 Å². The lowest BCUT2D eigenvalue weighted by molar-refractivity contribution is 0.567. The van der Waals surface area contributed by atoms with Gasteiger partial charge in [0.15, 0.2) is 0 Å². The maximum atomic E-state index is 11.0. The smallest absolute Gasteiger partial charge is 0.209 e. The summed E-state index contributed by atoms with van der Waals surface area (Å²) >= 11 is 0. The maximum Gasteiger partial charge on any atom is 0.314 e. The van der Waals surface area contributed by atoms with E-state index in [0.29, 0.717) is 0 Å². The molecule has 0 bridgehead atoms. The minimum Gasteiger partial charge on any atom is -0.209 e. The summed E-state index contributed by atoms with van der Waals surface area (Å²) in [6.07, 6.45) is -1.17. The van der Waals surface area contributed by atoms with Gasteiger partial charge in [0.2, 0.25) is 0 Å². The molecule has 91 valence electrons. The van der Waals surface area contributed by atoms with E-state index in [4.69, 9.17) is 32.0 Å². The molecule has 0 spiro atoms. The zero-order valence-electron chi connectivity index (χ0n) is 6.72. The first-order chi connectivity index (χ1) is 6.31. The molecule has 15 heavy (non-hydrogen) atoms. The lowest BCUT2D eigenvalue weighted by atomic mass is 10.6. The topological polar surface area (TPSA) is 102 Å². The predicted octanol–water partition coefficient (Wildman–Crippen LogP) is 0.570. The van der Waals surface area contributed by atoms with E-state index in [1.54, 1.807) is 0 Å². The summed E-state index contributed by atoms with van der Waals surface area (Å²) in [4.78, 5) is 0. The molecular formula is C3H4Cl3O6S3. The number of hydrogen-bond donors (Lipinski definition) is 0. The van der Waals surface area contributed by atoms with Crippen molar-refractivity contribution in [3.63, 3.8) is 0 Å². The molecular weight excluding hydrogens is 335 g/mol. The Labute approximate surface area is 101 Å². The molecule has 0 atom stereocenters. The SMILES string of the molecule is [CH2]CC(S(=O)(=O)Cl)(S(=O)(=O)Cl)S(=O)(=O)Cl. The van der Waals surface area contributed by atoms with Crippen molar-refractivity contribution in [1.82, 2.24) is 0 Å². The van der Waals surface area contributed by atoms with Crippen molar-refractivity contribution in [3.8, 4) is 0 Å². The van der Waals surface area contributed by atoms with Gasteiger partial charge in [0, 0.05) is 32.0 Å². The van der Waals surface area contributed by atoms with Crippen LogP contribution in [0.25, 0.3) is 0 Å². The van der Waals surface area contributed by atoms with E-state index in [9.17, 15) is 25.3 Å². The molecule has 0 aromatic carbocycles. The predicted molar refractivity (Wildman–Crippen MR) is 57.0 cm³/mol. The average molecular weight is 339 g/mol. The molecule has 0 aliphatic heterocycles. The second-order valence-corrected chi connectivity index (χ2v) is 11.4. The molecule has 0 unspecified atom stereocenters. The standard InChI is InChI=1S/C3H4Cl3O6S3/c1-2-3(13(4,7)8,14(5,9)10)15(6,11)12/h1-2H2. The van der Waals surface area contributed by atoms with E-state index >= 15 is 0 Å². The third-order valence-electron chi connectivity index (χ3n) is 1.42. The highest BCUT2D eigenvalue weighted by molar-refractivity contribution is 8.43. The molecule has 1 radical (unpaired) electrons. The Kier molecular flexibility index (Phi) is 4.39. The van der Waals surface area contributed by atoms with Crippen molar-refractivity contribution in [2.24, 2.45) is 0 Å². The largest absolute Gasteiger partial charge is 0.314 e. The molecule has 0 aliphatic carbocycles. The van der Waals surface area contributed by atoms with Crippen LogP contribution >= 0.6 is 32.0 Å². The van der Waals surface area contributed by atoms with Crippen molar-refractivity contribution in [3.05, 3.63) is 6.92 Å². The highest BCUT2D eigenvalue weighted by atomic mass is 35.7. The zero-order chi connectivity index (χ0) is 12.7. The number of rotatable bonds is 4. The fourth-order valence-electron chi connectivity index (χ4n) is 0.722. The van der Waals surface area contributed by atoms with Crippen LogP contribution in [0, 0.1) is 6.92 Å². The molecule has 0 saturated carbocycles. The minimum absolute atomic E-state index is 1.17. The van der Waals surface area contributed by atoms with Crippen molar-refractivity contribution in [2.45, 2.75) is 9.83 Å². The fourth-order valence-corrected chi connectivity index (χ4v) is 10.4. The van der Waals surface area contributed by atoms with Crippen LogP contribution in [0.2, 0.25) is 0 Å². The first-order valence-corrected chi connectivity index (χ1v) is 9.86. The summed E-state index contributed by atoms with van der Waals surface area (Å²) in [6.45, 7) is 2.87. The van der Waals surface area contributed by atoms with Gasteiger partial charge < -0.3 is 0 Å². The Bertz CT molecular complexity index is 463. The minimum atomic E-state index is -5.12. The molecule has 0 aliphatic rings. The van der Waals surface area contributed by atoms with Crippen LogP contribution in [0.15, 0.2) is 0 Å². The molecule has 6 nitrogen and oxygen atoms in total. The van der Waals surface area contributed by atoms with Gasteiger partial charge in [-0.25, -0.2) is 25.3 Å². The van der Waals surface area contributed by atoms with Gasteiger partial charge in [0.25, 0.3) is 27.2 Å². The first-order valence-electron chi connectivity index (χ1n) is 2.93. The lowest BCUT2D eigenvalue weighted by Crippen LogP contribution is -2.46. The van der Waals surface area contributed by atoms with E-state index in [-0.39, 0.29) is 0 Å². The van der Waals surface area contributed by atoms with E-state index in [1.807, 2.05) is 0 Å². The fraction of sp³-hybridized carbons (Fsp3) is 0.667. The highest BCUT2D eigenvalue weighted by Gasteiger charge is 2.63. The molecule has 0 rings (SSSR count). The summed E-state index contributed by atoms with van der Waals surface area (Å²) in [5.74, 6) is 0. The summed E-state index contributed by atoms with van der Waals surface area (Å²) in [7, 11) is -1.18. The molecule has 0 N–H and O–H groups in total. The van der Waals surface area contributed by atoms with Gasteiger partial charge in [-0.3, -0.25) is 0 Å². The van der Waals surface area contributed by atoms with Gasteiger partial charge >= 0.3 is 3.41 Å². The Morgan fingerprint density at radius 2 is 1.00 bits per heavy atom. The van der Waals surface area contributed by atoms with Gasteiger partial charge in [-0.15, -0.1) is 0 Å². The third kappa shape index (κ3) is 2.52. The first kappa shape index (κ1) is 15.7. The molecule has 0 amide bonds. The van der Waals surface area contributed by atoms with Crippen LogP contribution in [0.5, 0.6) is 0 Å². The lowest BCUT2D eigenvalue weighted by Gasteiger charge is -2.21. The molecule has 0 saturated heterocycles. The normalized spacial score (nSPS) is 15.2. The van der Waals surface area contributed by atoms with E-state index < -0.39 is 37.0 Å². The van der Waals surface area contributed by atoms with Crippen LogP contribution in [0.4, 0.5) is 0 Å². The molecule has 12 heteroatoms. The summed E-state index contributed by atoms with van der Waals surface area (Å²) in [5, 5.41) is 0. The van der Waals surface area contributed by atoms with Crippen molar-refractivity contribution in [2.75, 3.05) is 0 Å². The van der Waals surface area contributed by atoms with Crippen LogP contribution in [0.3, 0.4) is 0 Å². The van der Waals surface area contributed by atoms with Gasteiger partial charge in [-0.2, -0.15) is 0 Å². The summed E-state index contributed by atoms with van der Waals surface area (Å²) < 4.78 is 62.3. The maximum absolute atomic E-state index is 11.0. The molecule has 0 aromatic heterocycles. The Balaban J connectivity index is 6.58. The molecule has 0 heterocycles. The van der Waals surface area contributed by atoms with Crippen molar-refractivity contribution >= 4 is 59.2 Å². The van der Waals surface area contributed by atoms with E-state index in [0.717, 1.165) is 0 Å². The van der Waals surface area contributed by atoms with E-state index in [1.165, 1.54) is 0 Å². The summed E-state index contributed by atoms with van der Waals surface area (Å²) in [6, 6.07) is 0. The Morgan fingerprint density at radius 3 is 1.00 bits per heavy atom. The van der Waals surface area contributed by atoms with Gasteiger partial charge in [0.05, 0.1) is 0 Å². The number of halogens is 3. The Hall–Kier alpha value is 0.720. The zero-order valence-corrected chi connectivity index (χ0v) is 11.4. The third-order valence-corrected chi connectivity index (χ3v) is 12.2. The van der Waals surface area contributed by atoms with E-state index in [2.05, 4.69) is 6.92 Å². The van der Waals surface area contributed by atoms with Crippen molar-refractivity contribution in [1.29, 1.82) is 0 Å². The highest BCUT2D eigenvalue weighted by Crippen LogP contribution is 2.41. The average Bonchev–Trinajstić information content (AvgIpc) is 1.76. The van der Waals surface area contributed by atoms with Crippen LogP contribution in [-0.2, 0) is 27.2 Å². The van der Waals surface area contributed by atoms with Gasteiger partial charge in [0.1, 0.15) is 0 Å². The molecule has 0 fully saturated rings. The quantitative estimate of drug-likeness (QED) is 0.694. The van der Waals surface area contributed by atoms with Gasteiger partial charge in [-0.05, 0) is 13.3 Å². The van der Waals surface area contributed by atoms with Crippen molar-refractivity contribution < 1.29 is 25.3 Å². The van der Waals surface area contributed by atoms with Crippen LogP contribution in [0.1, 0.15) is 6.42 Å².